The minimum absolute atomic E-state index is 0.0336. The van der Waals surface area contributed by atoms with Gasteiger partial charge in [0.2, 0.25) is 0 Å². The van der Waals surface area contributed by atoms with Crippen LogP contribution in [0.15, 0.2) is 34.9 Å². The van der Waals surface area contributed by atoms with Crippen LogP contribution in [0.3, 0.4) is 0 Å². The molecule has 0 saturated carbocycles. The number of halogens is 1. The lowest BCUT2D eigenvalue weighted by Gasteiger charge is -2.06. The fraction of sp³-hybridized carbons (Fsp3) is 0.250. The molecule has 0 spiro atoms. The second-order valence-electron chi connectivity index (χ2n) is 3.92. The fourth-order valence-corrected chi connectivity index (χ4v) is 2.00. The molecule has 1 aromatic heterocycles. The molecular formula is C12H13BrN4. The maximum Gasteiger partial charge on any atom is 0.153 e. The number of nitrogens with two attached hydrogens (primary N) is 1. The maximum atomic E-state index is 5.73. The van der Waals surface area contributed by atoms with Gasteiger partial charge in [0.25, 0.3) is 0 Å². The lowest BCUT2D eigenvalue weighted by Crippen LogP contribution is -2.19. The van der Waals surface area contributed by atoms with E-state index in [0.717, 1.165) is 15.7 Å². The molecule has 1 heterocycles. The van der Waals surface area contributed by atoms with Crippen molar-refractivity contribution < 1.29 is 0 Å². The summed E-state index contributed by atoms with van der Waals surface area (Å²) in [5, 5.41) is 7.94. The van der Waals surface area contributed by atoms with Crippen molar-refractivity contribution >= 4 is 15.9 Å². The Balaban J connectivity index is 2.37. The van der Waals surface area contributed by atoms with Crippen LogP contribution in [0.5, 0.6) is 0 Å². The van der Waals surface area contributed by atoms with Crippen molar-refractivity contribution in [3.63, 3.8) is 0 Å². The SMILES string of the molecule is CC(N)Cc1nncc(-c2ccccc2Br)n1. The summed E-state index contributed by atoms with van der Waals surface area (Å²) in [7, 11) is 0. The molecule has 88 valence electrons. The number of benzene rings is 1. The molecule has 1 unspecified atom stereocenters. The first-order valence-corrected chi connectivity index (χ1v) is 6.15. The maximum absolute atomic E-state index is 5.73. The van der Waals surface area contributed by atoms with E-state index in [2.05, 4.69) is 31.1 Å². The third kappa shape index (κ3) is 3.08. The molecule has 2 N–H and O–H groups in total. The Morgan fingerprint density at radius 1 is 1.35 bits per heavy atom. The van der Waals surface area contributed by atoms with Gasteiger partial charge in [-0.15, -0.1) is 5.10 Å². The van der Waals surface area contributed by atoms with E-state index in [9.17, 15) is 0 Å². The Bertz CT molecular complexity index is 513. The summed E-state index contributed by atoms with van der Waals surface area (Å²) < 4.78 is 0.993. The average molecular weight is 293 g/mol. The summed E-state index contributed by atoms with van der Waals surface area (Å²) in [6, 6.07) is 7.93. The molecule has 0 aliphatic heterocycles. The minimum Gasteiger partial charge on any atom is -0.328 e. The summed E-state index contributed by atoms with van der Waals surface area (Å²) >= 11 is 3.50. The molecule has 1 aromatic carbocycles. The highest BCUT2D eigenvalue weighted by atomic mass is 79.9. The van der Waals surface area contributed by atoms with E-state index in [0.29, 0.717) is 12.2 Å². The van der Waals surface area contributed by atoms with Gasteiger partial charge in [0.15, 0.2) is 5.82 Å². The Morgan fingerprint density at radius 2 is 2.12 bits per heavy atom. The van der Waals surface area contributed by atoms with Crippen LogP contribution in [-0.2, 0) is 6.42 Å². The van der Waals surface area contributed by atoms with E-state index in [1.54, 1.807) is 6.20 Å². The van der Waals surface area contributed by atoms with Gasteiger partial charge in [0, 0.05) is 22.5 Å². The molecule has 2 aromatic rings. The Hall–Kier alpha value is -1.33. The highest BCUT2D eigenvalue weighted by Crippen LogP contribution is 2.25. The summed E-state index contributed by atoms with van der Waals surface area (Å²) in [4.78, 5) is 4.46. The number of rotatable bonds is 3. The zero-order chi connectivity index (χ0) is 12.3. The highest BCUT2D eigenvalue weighted by molar-refractivity contribution is 9.10. The minimum atomic E-state index is 0.0336. The molecule has 0 bridgehead atoms. The van der Waals surface area contributed by atoms with Gasteiger partial charge in [-0.1, -0.05) is 34.1 Å². The van der Waals surface area contributed by atoms with Crippen LogP contribution in [-0.4, -0.2) is 21.2 Å². The summed E-state index contributed by atoms with van der Waals surface area (Å²) in [5.41, 5.74) is 7.54. The van der Waals surface area contributed by atoms with Crippen LogP contribution in [0, 0.1) is 0 Å². The van der Waals surface area contributed by atoms with E-state index in [-0.39, 0.29) is 6.04 Å². The molecule has 0 fully saturated rings. The topological polar surface area (TPSA) is 64.7 Å². The van der Waals surface area contributed by atoms with E-state index < -0.39 is 0 Å². The number of nitrogens with zero attached hydrogens (tertiary/aromatic N) is 3. The number of hydrogen-bond acceptors (Lipinski definition) is 4. The quantitative estimate of drug-likeness (QED) is 0.942. The molecule has 0 aliphatic carbocycles. The molecule has 0 saturated heterocycles. The van der Waals surface area contributed by atoms with Crippen molar-refractivity contribution in [3.05, 3.63) is 40.8 Å². The zero-order valence-electron chi connectivity index (χ0n) is 9.47. The third-order valence-corrected chi connectivity index (χ3v) is 2.95. The van der Waals surface area contributed by atoms with Crippen LogP contribution in [0.1, 0.15) is 12.7 Å². The summed E-state index contributed by atoms with van der Waals surface area (Å²) in [6.45, 7) is 1.93. The number of hydrogen-bond donors (Lipinski definition) is 1. The molecular weight excluding hydrogens is 280 g/mol. The zero-order valence-corrected chi connectivity index (χ0v) is 11.1. The Kier molecular flexibility index (Phi) is 3.81. The van der Waals surface area contributed by atoms with Crippen molar-refractivity contribution in [1.82, 2.24) is 15.2 Å². The molecule has 0 amide bonds. The molecule has 1 atom stereocenters. The van der Waals surface area contributed by atoms with Crippen molar-refractivity contribution in [2.24, 2.45) is 5.73 Å². The fourth-order valence-electron chi connectivity index (χ4n) is 1.51. The van der Waals surface area contributed by atoms with E-state index in [1.807, 2.05) is 31.2 Å². The monoisotopic (exact) mass is 292 g/mol. The lowest BCUT2D eigenvalue weighted by molar-refractivity contribution is 0.686. The number of aromatic nitrogens is 3. The standard InChI is InChI=1S/C12H13BrN4/c1-8(14)6-12-16-11(7-15-17-12)9-4-2-3-5-10(9)13/h2-5,7-8H,6,14H2,1H3. The van der Waals surface area contributed by atoms with Crippen LogP contribution in [0.25, 0.3) is 11.3 Å². The summed E-state index contributed by atoms with van der Waals surface area (Å²) in [5.74, 6) is 0.674. The largest absolute Gasteiger partial charge is 0.328 e. The Labute approximate surface area is 108 Å². The van der Waals surface area contributed by atoms with Gasteiger partial charge in [-0.25, -0.2) is 4.98 Å². The molecule has 0 radical (unpaired) electrons. The van der Waals surface area contributed by atoms with Gasteiger partial charge < -0.3 is 5.73 Å². The first-order valence-electron chi connectivity index (χ1n) is 5.36. The predicted molar refractivity (Wildman–Crippen MR) is 70.3 cm³/mol. The van der Waals surface area contributed by atoms with Crippen molar-refractivity contribution in [1.29, 1.82) is 0 Å². The van der Waals surface area contributed by atoms with Gasteiger partial charge in [-0.3, -0.25) is 0 Å². The van der Waals surface area contributed by atoms with E-state index in [1.165, 1.54) is 0 Å². The average Bonchev–Trinajstić information content (AvgIpc) is 2.29. The second-order valence-corrected chi connectivity index (χ2v) is 4.77. The van der Waals surface area contributed by atoms with Crippen LogP contribution in [0.2, 0.25) is 0 Å². The molecule has 4 nitrogen and oxygen atoms in total. The predicted octanol–water partition coefficient (Wildman–Crippen LogP) is 2.19. The first kappa shape index (κ1) is 12.1. The van der Waals surface area contributed by atoms with Gasteiger partial charge in [-0.05, 0) is 13.0 Å². The highest BCUT2D eigenvalue weighted by Gasteiger charge is 2.07. The molecule has 2 rings (SSSR count). The van der Waals surface area contributed by atoms with Gasteiger partial charge in [0.1, 0.15) is 0 Å². The Morgan fingerprint density at radius 3 is 2.82 bits per heavy atom. The van der Waals surface area contributed by atoms with Crippen molar-refractivity contribution in [2.45, 2.75) is 19.4 Å². The second kappa shape index (κ2) is 5.33. The van der Waals surface area contributed by atoms with E-state index >= 15 is 0 Å². The lowest BCUT2D eigenvalue weighted by atomic mass is 10.1. The summed E-state index contributed by atoms with van der Waals surface area (Å²) in [6.07, 6.45) is 2.29. The van der Waals surface area contributed by atoms with Crippen molar-refractivity contribution in [2.75, 3.05) is 0 Å². The van der Waals surface area contributed by atoms with Crippen molar-refractivity contribution in [3.8, 4) is 11.3 Å². The van der Waals surface area contributed by atoms with Crippen LogP contribution >= 0.6 is 15.9 Å². The first-order chi connectivity index (χ1) is 8.16. The molecule has 5 heteroatoms. The third-order valence-electron chi connectivity index (χ3n) is 2.26. The van der Waals surface area contributed by atoms with E-state index in [4.69, 9.17) is 5.73 Å². The molecule has 0 aliphatic rings. The van der Waals surface area contributed by atoms with Gasteiger partial charge >= 0.3 is 0 Å². The van der Waals surface area contributed by atoms with Crippen LogP contribution < -0.4 is 5.73 Å². The van der Waals surface area contributed by atoms with Gasteiger partial charge in [-0.2, -0.15) is 5.10 Å². The van der Waals surface area contributed by atoms with Crippen LogP contribution in [0.4, 0.5) is 0 Å². The molecule has 17 heavy (non-hydrogen) atoms. The smallest absolute Gasteiger partial charge is 0.153 e. The normalized spacial score (nSPS) is 12.4. The van der Waals surface area contributed by atoms with Gasteiger partial charge in [0.05, 0.1) is 11.9 Å².